The van der Waals surface area contributed by atoms with Crippen molar-refractivity contribution in [3.05, 3.63) is 33.4 Å². The molecule has 1 aromatic rings. The summed E-state index contributed by atoms with van der Waals surface area (Å²) in [5.41, 5.74) is 5.51. The number of rotatable bonds is 2. The lowest BCUT2D eigenvalue weighted by atomic mass is 9.88. The van der Waals surface area contributed by atoms with E-state index < -0.39 is 0 Å². The van der Waals surface area contributed by atoms with Crippen LogP contribution in [0.1, 0.15) is 38.2 Å². The van der Waals surface area contributed by atoms with Crippen LogP contribution in [0.25, 0.3) is 0 Å². The van der Waals surface area contributed by atoms with Gasteiger partial charge in [0.05, 0.1) is 51.8 Å². The van der Waals surface area contributed by atoms with Crippen molar-refractivity contribution in [2.45, 2.75) is 33.4 Å². The van der Waals surface area contributed by atoms with Gasteiger partial charge in [-0.15, -0.1) is 0 Å². The number of hydrogen-bond donors (Lipinski definition) is 0. The third kappa shape index (κ3) is 3.26. The summed E-state index contributed by atoms with van der Waals surface area (Å²) in [5.74, 6) is -0.264. The van der Waals surface area contributed by atoms with E-state index in [-0.39, 0.29) is 5.97 Å². The standard InChI is InChI=1S/C17H22O6/c1-11-12-8-21-5-3-20-4-6-22-9-14(13(12)7-19-2)15-10-23-17(18)16(11)15/h3-10H2,1-2H3. The van der Waals surface area contributed by atoms with E-state index in [0.717, 1.165) is 27.8 Å². The lowest BCUT2D eigenvalue weighted by Gasteiger charge is -2.21. The Kier molecular flexibility index (Phi) is 5.27. The average Bonchev–Trinajstić information content (AvgIpc) is 2.91. The van der Waals surface area contributed by atoms with Crippen LogP contribution in [0, 0.1) is 6.92 Å². The third-order valence-corrected chi connectivity index (χ3v) is 4.30. The highest BCUT2D eigenvalue weighted by Crippen LogP contribution is 2.34. The summed E-state index contributed by atoms with van der Waals surface area (Å²) < 4.78 is 27.6. The van der Waals surface area contributed by atoms with Crippen molar-refractivity contribution in [2.24, 2.45) is 0 Å². The molecular formula is C17H22O6. The summed E-state index contributed by atoms with van der Waals surface area (Å²) in [7, 11) is 1.66. The molecule has 3 rings (SSSR count). The van der Waals surface area contributed by atoms with Gasteiger partial charge in [0.2, 0.25) is 0 Å². The van der Waals surface area contributed by atoms with Gasteiger partial charge in [-0.3, -0.25) is 0 Å². The molecule has 0 atom stereocenters. The maximum atomic E-state index is 12.1. The van der Waals surface area contributed by atoms with E-state index in [1.807, 2.05) is 6.92 Å². The smallest absolute Gasteiger partial charge is 0.339 e. The molecule has 126 valence electrons. The van der Waals surface area contributed by atoms with E-state index in [9.17, 15) is 4.79 Å². The van der Waals surface area contributed by atoms with Gasteiger partial charge in [-0.2, -0.15) is 0 Å². The van der Waals surface area contributed by atoms with Crippen LogP contribution in [0.3, 0.4) is 0 Å². The minimum Gasteiger partial charge on any atom is -0.457 e. The maximum Gasteiger partial charge on any atom is 0.339 e. The number of methoxy groups -OCH3 is 1. The van der Waals surface area contributed by atoms with E-state index in [0.29, 0.717) is 58.4 Å². The summed E-state index contributed by atoms with van der Waals surface area (Å²) in [6.45, 7) is 5.58. The Bertz CT molecular complexity index is 595. The van der Waals surface area contributed by atoms with E-state index in [1.165, 1.54) is 0 Å². The number of esters is 1. The van der Waals surface area contributed by atoms with E-state index in [4.69, 9.17) is 23.7 Å². The fraction of sp³-hybridized carbons (Fsp3) is 0.588. The molecule has 6 heteroatoms. The Hall–Kier alpha value is -1.47. The van der Waals surface area contributed by atoms with E-state index in [2.05, 4.69) is 0 Å². The molecule has 0 unspecified atom stereocenters. The molecule has 2 aliphatic rings. The van der Waals surface area contributed by atoms with Crippen molar-refractivity contribution < 1.29 is 28.5 Å². The van der Waals surface area contributed by atoms with Crippen molar-refractivity contribution in [3.8, 4) is 0 Å². The normalized spacial score (nSPS) is 18.8. The highest BCUT2D eigenvalue weighted by atomic mass is 16.5. The van der Waals surface area contributed by atoms with Crippen LogP contribution in [0.4, 0.5) is 0 Å². The highest BCUT2D eigenvalue weighted by Gasteiger charge is 2.31. The predicted molar refractivity (Wildman–Crippen MR) is 81.1 cm³/mol. The first-order chi connectivity index (χ1) is 11.2. The van der Waals surface area contributed by atoms with Crippen molar-refractivity contribution >= 4 is 5.97 Å². The van der Waals surface area contributed by atoms with Gasteiger partial charge >= 0.3 is 5.97 Å². The maximum absolute atomic E-state index is 12.1. The molecule has 0 saturated heterocycles. The molecule has 0 N–H and O–H groups in total. The van der Waals surface area contributed by atoms with E-state index in [1.54, 1.807) is 7.11 Å². The van der Waals surface area contributed by atoms with Crippen LogP contribution in [-0.2, 0) is 50.1 Å². The lowest BCUT2D eigenvalue weighted by molar-refractivity contribution is 0.00394. The van der Waals surface area contributed by atoms with Crippen molar-refractivity contribution in [1.29, 1.82) is 0 Å². The zero-order chi connectivity index (χ0) is 16.2. The first-order valence-corrected chi connectivity index (χ1v) is 7.79. The van der Waals surface area contributed by atoms with Crippen LogP contribution < -0.4 is 0 Å². The molecule has 0 amide bonds. The Balaban J connectivity index is 2.10. The second-order valence-electron chi connectivity index (χ2n) is 5.64. The molecule has 2 heterocycles. The van der Waals surface area contributed by atoms with Gasteiger partial charge in [-0.25, -0.2) is 4.79 Å². The van der Waals surface area contributed by atoms with Crippen LogP contribution in [0.15, 0.2) is 0 Å². The summed E-state index contributed by atoms with van der Waals surface area (Å²) in [6, 6.07) is 0. The number of carbonyl (C=O) groups is 1. The first kappa shape index (κ1) is 16.4. The SMILES string of the molecule is COCc1c2c(C)c3c(c1COCCOCCOC2)COC3=O. The average molecular weight is 322 g/mol. The summed E-state index contributed by atoms with van der Waals surface area (Å²) in [6.07, 6.45) is 0. The Labute approximate surface area is 135 Å². The topological polar surface area (TPSA) is 63.2 Å². The van der Waals surface area contributed by atoms with Crippen molar-refractivity contribution in [1.82, 2.24) is 0 Å². The Morgan fingerprint density at radius 2 is 1.57 bits per heavy atom. The molecule has 0 aliphatic carbocycles. The quantitative estimate of drug-likeness (QED) is 0.775. The van der Waals surface area contributed by atoms with Gasteiger partial charge in [-0.1, -0.05) is 0 Å². The molecule has 2 aliphatic heterocycles. The number of carbonyl (C=O) groups excluding carboxylic acids is 1. The molecule has 0 spiro atoms. The molecule has 1 aromatic carbocycles. The number of cyclic esters (lactones) is 1. The van der Waals surface area contributed by atoms with Crippen molar-refractivity contribution in [2.75, 3.05) is 33.5 Å². The largest absolute Gasteiger partial charge is 0.457 e. The van der Waals surface area contributed by atoms with Crippen molar-refractivity contribution in [3.63, 3.8) is 0 Å². The zero-order valence-corrected chi connectivity index (χ0v) is 13.6. The van der Waals surface area contributed by atoms with E-state index >= 15 is 0 Å². The second-order valence-corrected chi connectivity index (χ2v) is 5.64. The number of fused-ring (bicyclic) bond motifs is 4. The summed E-state index contributed by atoms with van der Waals surface area (Å²) in [5, 5.41) is 0. The van der Waals surface area contributed by atoms with Crippen LogP contribution in [-0.4, -0.2) is 39.5 Å². The van der Waals surface area contributed by atoms with Gasteiger partial charge in [0.1, 0.15) is 6.61 Å². The minimum absolute atomic E-state index is 0.264. The summed E-state index contributed by atoms with van der Waals surface area (Å²) >= 11 is 0. The van der Waals surface area contributed by atoms with Crippen LogP contribution in [0.5, 0.6) is 0 Å². The fourth-order valence-electron chi connectivity index (χ4n) is 3.14. The molecule has 0 saturated carbocycles. The lowest BCUT2D eigenvalue weighted by Crippen LogP contribution is -2.16. The van der Waals surface area contributed by atoms with Gasteiger partial charge in [0.15, 0.2) is 0 Å². The number of ether oxygens (including phenoxy) is 5. The fourth-order valence-corrected chi connectivity index (χ4v) is 3.14. The minimum atomic E-state index is -0.264. The highest BCUT2D eigenvalue weighted by molar-refractivity contribution is 5.96. The zero-order valence-electron chi connectivity index (χ0n) is 13.6. The van der Waals surface area contributed by atoms with Gasteiger partial charge < -0.3 is 23.7 Å². The molecule has 0 radical (unpaired) electrons. The van der Waals surface area contributed by atoms with Crippen LogP contribution >= 0.6 is 0 Å². The van der Waals surface area contributed by atoms with Crippen LogP contribution in [0.2, 0.25) is 0 Å². The second kappa shape index (κ2) is 7.40. The molecule has 6 nitrogen and oxygen atoms in total. The molecule has 2 bridgehead atoms. The number of hydrogen-bond acceptors (Lipinski definition) is 6. The first-order valence-electron chi connectivity index (χ1n) is 7.79. The molecule has 0 aromatic heterocycles. The number of benzene rings is 1. The Morgan fingerprint density at radius 1 is 0.913 bits per heavy atom. The molecule has 23 heavy (non-hydrogen) atoms. The molecular weight excluding hydrogens is 300 g/mol. The van der Waals surface area contributed by atoms with Gasteiger partial charge in [0.25, 0.3) is 0 Å². The molecule has 0 fully saturated rings. The van der Waals surface area contributed by atoms with Gasteiger partial charge in [-0.05, 0) is 29.2 Å². The predicted octanol–water partition coefficient (Wildman–Crippen LogP) is 1.88. The Morgan fingerprint density at radius 3 is 2.26 bits per heavy atom. The monoisotopic (exact) mass is 322 g/mol. The van der Waals surface area contributed by atoms with Gasteiger partial charge in [0, 0.05) is 12.7 Å². The summed E-state index contributed by atoms with van der Waals surface area (Å²) in [4.78, 5) is 12.1. The third-order valence-electron chi connectivity index (χ3n) is 4.30.